The van der Waals surface area contributed by atoms with Crippen molar-refractivity contribution in [2.75, 3.05) is 18.1 Å². The van der Waals surface area contributed by atoms with E-state index in [1.165, 1.54) is 12.1 Å². The van der Waals surface area contributed by atoms with Gasteiger partial charge in [0.2, 0.25) is 5.91 Å². The number of ether oxygens (including phenoxy) is 1. The van der Waals surface area contributed by atoms with Gasteiger partial charge in [-0.05, 0) is 30.9 Å². The van der Waals surface area contributed by atoms with Gasteiger partial charge in [0.25, 0.3) is 0 Å². The Labute approximate surface area is 117 Å². The zero-order chi connectivity index (χ0) is 14.1. The van der Waals surface area contributed by atoms with Crippen LogP contribution in [0.25, 0.3) is 0 Å². The van der Waals surface area contributed by atoms with Gasteiger partial charge in [0.1, 0.15) is 18.2 Å². The van der Waals surface area contributed by atoms with Crippen LogP contribution in [-0.2, 0) is 4.79 Å². The van der Waals surface area contributed by atoms with E-state index >= 15 is 0 Å². The second kappa shape index (κ2) is 5.40. The van der Waals surface area contributed by atoms with Gasteiger partial charge >= 0.3 is 0 Å². The highest BCUT2D eigenvalue weighted by atomic mass is 19.1. The molecule has 1 amide bonds. The number of hydrogen-bond acceptors (Lipinski definition) is 3. The Morgan fingerprint density at radius 2 is 2.30 bits per heavy atom. The molecule has 0 bridgehead atoms. The van der Waals surface area contributed by atoms with Crippen LogP contribution in [0.3, 0.4) is 0 Å². The summed E-state index contributed by atoms with van der Waals surface area (Å²) in [5, 5.41) is 0. The summed E-state index contributed by atoms with van der Waals surface area (Å²) in [6.45, 7) is 0.915. The number of nitrogens with two attached hydrogens (primary N) is 1. The molecule has 2 atom stereocenters. The fourth-order valence-electron chi connectivity index (χ4n) is 3.11. The van der Waals surface area contributed by atoms with Crippen LogP contribution in [0.15, 0.2) is 18.2 Å². The smallest absolute Gasteiger partial charge is 0.227 e. The second-order valence-electron chi connectivity index (χ2n) is 5.56. The Kier molecular flexibility index (Phi) is 3.61. The zero-order valence-corrected chi connectivity index (χ0v) is 11.3. The molecule has 3 rings (SSSR count). The third-order valence-electron chi connectivity index (χ3n) is 4.24. The number of amides is 1. The molecule has 0 spiro atoms. The minimum atomic E-state index is -0.351. The zero-order valence-electron chi connectivity index (χ0n) is 11.3. The maximum atomic E-state index is 13.2. The average molecular weight is 278 g/mol. The first-order valence-electron chi connectivity index (χ1n) is 7.13. The Bertz CT molecular complexity index is 521. The van der Waals surface area contributed by atoms with Crippen LogP contribution in [0, 0.1) is 11.7 Å². The molecule has 1 aliphatic heterocycles. The first kappa shape index (κ1) is 13.4. The van der Waals surface area contributed by atoms with Gasteiger partial charge in [-0.25, -0.2) is 4.39 Å². The summed E-state index contributed by atoms with van der Waals surface area (Å²) in [6, 6.07) is 4.43. The van der Waals surface area contributed by atoms with Crippen molar-refractivity contribution in [1.29, 1.82) is 0 Å². The lowest BCUT2D eigenvalue weighted by molar-refractivity contribution is -0.119. The van der Waals surface area contributed by atoms with Gasteiger partial charge in [-0.1, -0.05) is 6.42 Å². The van der Waals surface area contributed by atoms with Crippen LogP contribution in [0.1, 0.15) is 25.7 Å². The summed E-state index contributed by atoms with van der Waals surface area (Å²) in [5.74, 6) is 0.425. The molecule has 4 nitrogen and oxygen atoms in total. The molecule has 1 fully saturated rings. The number of halogens is 1. The predicted octanol–water partition coefficient (Wildman–Crippen LogP) is 2.07. The topological polar surface area (TPSA) is 55.6 Å². The molecule has 1 saturated carbocycles. The largest absolute Gasteiger partial charge is 0.489 e. The number of rotatable bonds is 2. The normalized spacial score (nSPS) is 25.2. The van der Waals surface area contributed by atoms with E-state index in [9.17, 15) is 9.18 Å². The van der Waals surface area contributed by atoms with E-state index in [4.69, 9.17) is 10.5 Å². The summed E-state index contributed by atoms with van der Waals surface area (Å²) >= 11 is 0. The van der Waals surface area contributed by atoms with Crippen LogP contribution in [0.4, 0.5) is 10.1 Å². The third-order valence-corrected chi connectivity index (χ3v) is 4.24. The lowest BCUT2D eigenvalue weighted by Crippen LogP contribution is -2.40. The Morgan fingerprint density at radius 3 is 3.05 bits per heavy atom. The molecular weight excluding hydrogens is 259 g/mol. The van der Waals surface area contributed by atoms with E-state index < -0.39 is 0 Å². The van der Waals surface area contributed by atoms with Crippen molar-refractivity contribution in [3.63, 3.8) is 0 Å². The van der Waals surface area contributed by atoms with Gasteiger partial charge in [0.05, 0.1) is 12.2 Å². The first-order valence-corrected chi connectivity index (χ1v) is 7.13. The second-order valence-corrected chi connectivity index (χ2v) is 5.56. The molecule has 0 radical (unpaired) electrons. The van der Waals surface area contributed by atoms with Gasteiger partial charge in [0.15, 0.2) is 0 Å². The van der Waals surface area contributed by atoms with Crippen LogP contribution >= 0.6 is 0 Å². The molecule has 2 N–H and O–H groups in total. The van der Waals surface area contributed by atoms with E-state index in [1.54, 1.807) is 11.0 Å². The Morgan fingerprint density at radius 1 is 1.45 bits per heavy atom. The number of benzene rings is 1. The predicted molar refractivity (Wildman–Crippen MR) is 74.2 cm³/mol. The molecule has 5 heteroatoms. The van der Waals surface area contributed by atoms with Crippen molar-refractivity contribution in [3.05, 3.63) is 24.0 Å². The monoisotopic (exact) mass is 278 g/mol. The number of carbonyl (C=O) groups is 1. The van der Waals surface area contributed by atoms with E-state index in [-0.39, 0.29) is 23.7 Å². The van der Waals surface area contributed by atoms with E-state index in [0.717, 1.165) is 19.3 Å². The van der Waals surface area contributed by atoms with Crippen LogP contribution in [0.2, 0.25) is 0 Å². The van der Waals surface area contributed by atoms with Crippen LogP contribution in [-0.4, -0.2) is 25.1 Å². The molecular formula is C15H19FN2O2. The lowest BCUT2D eigenvalue weighted by atomic mass is 9.99. The Balaban J connectivity index is 1.76. The van der Waals surface area contributed by atoms with Crippen molar-refractivity contribution >= 4 is 11.6 Å². The molecule has 0 saturated heterocycles. The fourth-order valence-corrected chi connectivity index (χ4v) is 3.11. The molecule has 1 aromatic carbocycles. The van der Waals surface area contributed by atoms with Crippen LogP contribution < -0.4 is 15.4 Å². The maximum absolute atomic E-state index is 13.2. The quantitative estimate of drug-likeness (QED) is 0.901. The summed E-state index contributed by atoms with van der Waals surface area (Å²) < 4.78 is 18.6. The third kappa shape index (κ3) is 2.50. The molecule has 0 aromatic heterocycles. The number of fused-ring (bicyclic) bond motifs is 1. The summed E-state index contributed by atoms with van der Waals surface area (Å²) in [5.41, 5.74) is 6.69. The molecule has 1 heterocycles. The summed E-state index contributed by atoms with van der Waals surface area (Å²) in [7, 11) is 0. The number of hydrogen-bond donors (Lipinski definition) is 1. The van der Waals surface area contributed by atoms with E-state index in [0.29, 0.717) is 31.0 Å². The van der Waals surface area contributed by atoms with Crippen molar-refractivity contribution < 1.29 is 13.9 Å². The molecule has 2 aliphatic rings. The van der Waals surface area contributed by atoms with Crippen molar-refractivity contribution in [2.45, 2.75) is 31.7 Å². The van der Waals surface area contributed by atoms with Crippen molar-refractivity contribution in [3.8, 4) is 5.75 Å². The van der Waals surface area contributed by atoms with Crippen molar-refractivity contribution in [1.82, 2.24) is 0 Å². The summed E-state index contributed by atoms with van der Waals surface area (Å²) in [6.07, 6.45) is 3.60. The minimum Gasteiger partial charge on any atom is -0.489 e. The number of anilines is 1. The van der Waals surface area contributed by atoms with E-state index in [1.807, 2.05) is 0 Å². The molecule has 108 valence electrons. The number of nitrogens with zero attached hydrogens (tertiary/aromatic N) is 1. The van der Waals surface area contributed by atoms with Gasteiger partial charge in [-0.15, -0.1) is 0 Å². The van der Waals surface area contributed by atoms with Gasteiger partial charge in [0, 0.05) is 18.5 Å². The van der Waals surface area contributed by atoms with Crippen molar-refractivity contribution in [2.24, 2.45) is 11.7 Å². The highest BCUT2D eigenvalue weighted by molar-refractivity contribution is 5.95. The fraction of sp³-hybridized carbons (Fsp3) is 0.533. The minimum absolute atomic E-state index is 0.0588. The molecule has 1 aromatic rings. The maximum Gasteiger partial charge on any atom is 0.227 e. The van der Waals surface area contributed by atoms with E-state index in [2.05, 4.69) is 0 Å². The highest BCUT2D eigenvalue weighted by Gasteiger charge is 2.30. The van der Waals surface area contributed by atoms with Gasteiger partial charge in [-0.2, -0.15) is 0 Å². The average Bonchev–Trinajstić information content (AvgIpc) is 2.83. The summed E-state index contributed by atoms with van der Waals surface area (Å²) in [4.78, 5) is 14.2. The number of carbonyl (C=O) groups excluding carboxylic acids is 1. The highest BCUT2D eigenvalue weighted by Crippen LogP contribution is 2.34. The lowest BCUT2D eigenvalue weighted by Gasteiger charge is -2.30. The Hall–Kier alpha value is -1.62. The van der Waals surface area contributed by atoms with Gasteiger partial charge in [-0.3, -0.25) is 4.79 Å². The molecule has 0 unspecified atom stereocenters. The molecule has 1 aliphatic carbocycles. The van der Waals surface area contributed by atoms with Crippen LogP contribution in [0.5, 0.6) is 5.75 Å². The van der Waals surface area contributed by atoms with Gasteiger partial charge < -0.3 is 15.4 Å². The standard InChI is InChI=1S/C15H19FN2O2/c16-11-4-5-13-14(9-11)20-7-6-18(13)15(19)8-10-2-1-3-12(10)17/h4-5,9-10,12H,1-3,6-8,17H2/t10-,12+/m0/s1. The SMILES string of the molecule is N[C@@H]1CCC[C@H]1CC(=O)N1CCOc2cc(F)ccc21. The first-order chi connectivity index (χ1) is 9.65. The molecule has 20 heavy (non-hydrogen) atoms.